The first kappa shape index (κ1) is 11.9. The summed E-state index contributed by atoms with van der Waals surface area (Å²) in [5.41, 5.74) is 7.49. The van der Waals surface area contributed by atoms with Crippen molar-refractivity contribution in [1.29, 1.82) is 0 Å². The van der Waals surface area contributed by atoms with Gasteiger partial charge in [0.05, 0.1) is 18.1 Å². The molecule has 19 heavy (non-hydrogen) atoms. The van der Waals surface area contributed by atoms with Gasteiger partial charge in [0.25, 0.3) is 0 Å². The molecule has 0 amide bonds. The molecule has 1 aromatic heterocycles. The quantitative estimate of drug-likeness (QED) is 0.816. The van der Waals surface area contributed by atoms with Crippen molar-refractivity contribution >= 4 is 0 Å². The van der Waals surface area contributed by atoms with Gasteiger partial charge in [-0.25, -0.2) is 4.98 Å². The second kappa shape index (κ2) is 4.60. The second-order valence-electron chi connectivity index (χ2n) is 6.58. The Bertz CT molecular complexity index is 443. The maximum absolute atomic E-state index is 6.13. The van der Waals surface area contributed by atoms with Crippen LogP contribution in [0.2, 0.25) is 0 Å². The van der Waals surface area contributed by atoms with Gasteiger partial charge in [-0.1, -0.05) is 0 Å². The van der Waals surface area contributed by atoms with Gasteiger partial charge in [-0.05, 0) is 44.4 Å². The van der Waals surface area contributed by atoms with Gasteiger partial charge in [-0.2, -0.15) is 0 Å². The molecule has 3 saturated carbocycles. The summed E-state index contributed by atoms with van der Waals surface area (Å²) in [6.45, 7) is 1.98. The molecule has 3 aliphatic rings. The van der Waals surface area contributed by atoms with Crippen molar-refractivity contribution in [3.05, 3.63) is 18.2 Å². The Morgan fingerprint density at radius 3 is 2.63 bits per heavy atom. The highest BCUT2D eigenvalue weighted by Gasteiger charge is 2.39. The molecular formula is C15H24N4. The number of aromatic nitrogens is 2. The van der Waals surface area contributed by atoms with Crippen LogP contribution in [0.1, 0.15) is 56.3 Å². The molecule has 0 saturated heterocycles. The van der Waals surface area contributed by atoms with E-state index in [1.807, 2.05) is 6.33 Å². The molecule has 104 valence electrons. The van der Waals surface area contributed by atoms with Gasteiger partial charge in [-0.3, -0.25) is 4.90 Å². The minimum absolute atomic E-state index is 0.385. The predicted molar refractivity (Wildman–Crippen MR) is 74.7 cm³/mol. The molecule has 0 radical (unpaired) electrons. The van der Waals surface area contributed by atoms with Crippen LogP contribution in [0.3, 0.4) is 0 Å². The molecule has 0 aromatic carbocycles. The topological polar surface area (TPSA) is 47.1 Å². The SMILES string of the molecule is NCC(c1cncn1C1CC1)N(CC1CC1)C1CC1. The largest absolute Gasteiger partial charge is 0.330 e. The molecule has 4 nitrogen and oxygen atoms in total. The molecule has 1 unspecified atom stereocenters. The molecule has 3 aliphatic carbocycles. The Balaban J connectivity index is 1.58. The van der Waals surface area contributed by atoms with Crippen LogP contribution >= 0.6 is 0 Å². The van der Waals surface area contributed by atoms with E-state index in [1.165, 1.54) is 50.8 Å². The van der Waals surface area contributed by atoms with Crippen LogP contribution in [-0.4, -0.2) is 33.6 Å². The standard InChI is InChI=1S/C15H24N4/c16-7-14(15-8-17-10-19(15)13-5-6-13)18(12-3-4-12)9-11-1-2-11/h8,10-14H,1-7,9,16H2. The number of hydrogen-bond donors (Lipinski definition) is 1. The van der Waals surface area contributed by atoms with Gasteiger partial charge in [0, 0.05) is 31.4 Å². The molecule has 2 N–H and O–H groups in total. The van der Waals surface area contributed by atoms with Crippen molar-refractivity contribution in [3.63, 3.8) is 0 Å². The Morgan fingerprint density at radius 1 is 1.26 bits per heavy atom. The first-order chi connectivity index (χ1) is 9.36. The van der Waals surface area contributed by atoms with Gasteiger partial charge < -0.3 is 10.3 Å². The van der Waals surface area contributed by atoms with Crippen LogP contribution in [0.15, 0.2) is 12.5 Å². The lowest BCUT2D eigenvalue weighted by molar-refractivity contribution is 0.176. The van der Waals surface area contributed by atoms with Crippen molar-refractivity contribution < 1.29 is 0 Å². The van der Waals surface area contributed by atoms with E-state index in [0.29, 0.717) is 12.1 Å². The van der Waals surface area contributed by atoms with E-state index in [1.54, 1.807) is 0 Å². The van der Waals surface area contributed by atoms with Gasteiger partial charge in [0.15, 0.2) is 0 Å². The van der Waals surface area contributed by atoms with Crippen molar-refractivity contribution in [2.45, 2.75) is 56.7 Å². The van der Waals surface area contributed by atoms with Crippen molar-refractivity contribution in [2.24, 2.45) is 11.7 Å². The monoisotopic (exact) mass is 260 g/mol. The summed E-state index contributed by atoms with van der Waals surface area (Å²) in [5, 5.41) is 0. The maximum Gasteiger partial charge on any atom is 0.0951 e. The highest BCUT2D eigenvalue weighted by atomic mass is 15.3. The lowest BCUT2D eigenvalue weighted by Crippen LogP contribution is -2.38. The minimum Gasteiger partial charge on any atom is -0.330 e. The van der Waals surface area contributed by atoms with Gasteiger partial charge >= 0.3 is 0 Å². The molecular weight excluding hydrogens is 236 g/mol. The highest BCUT2D eigenvalue weighted by Crippen LogP contribution is 2.42. The van der Waals surface area contributed by atoms with Crippen LogP contribution in [0.25, 0.3) is 0 Å². The van der Waals surface area contributed by atoms with Crippen LogP contribution in [0.4, 0.5) is 0 Å². The van der Waals surface area contributed by atoms with E-state index >= 15 is 0 Å². The van der Waals surface area contributed by atoms with E-state index in [2.05, 4.69) is 20.6 Å². The average molecular weight is 260 g/mol. The number of rotatable bonds is 7. The summed E-state index contributed by atoms with van der Waals surface area (Å²) in [6.07, 6.45) is 12.3. The number of imidazole rings is 1. The molecule has 4 heteroatoms. The summed E-state index contributed by atoms with van der Waals surface area (Å²) >= 11 is 0. The molecule has 0 spiro atoms. The molecule has 3 fully saturated rings. The van der Waals surface area contributed by atoms with Crippen molar-refractivity contribution in [1.82, 2.24) is 14.5 Å². The first-order valence-electron chi connectivity index (χ1n) is 7.84. The molecule has 0 bridgehead atoms. The third-order valence-electron chi connectivity index (χ3n) is 4.78. The Labute approximate surface area is 115 Å². The second-order valence-corrected chi connectivity index (χ2v) is 6.58. The molecule has 0 aliphatic heterocycles. The summed E-state index contributed by atoms with van der Waals surface area (Å²) in [6, 6.07) is 1.88. The fraction of sp³-hybridized carbons (Fsp3) is 0.800. The van der Waals surface area contributed by atoms with E-state index in [9.17, 15) is 0 Å². The minimum atomic E-state index is 0.385. The zero-order valence-corrected chi connectivity index (χ0v) is 11.5. The zero-order chi connectivity index (χ0) is 12.8. The lowest BCUT2D eigenvalue weighted by atomic mass is 10.1. The maximum atomic E-state index is 6.13. The lowest BCUT2D eigenvalue weighted by Gasteiger charge is -2.31. The first-order valence-corrected chi connectivity index (χ1v) is 7.84. The third kappa shape index (κ3) is 2.43. The van der Waals surface area contributed by atoms with Crippen LogP contribution in [-0.2, 0) is 0 Å². The molecule has 4 rings (SSSR count). The highest BCUT2D eigenvalue weighted by molar-refractivity contribution is 5.12. The van der Waals surface area contributed by atoms with Gasteiger partial charge in [0.1, 0.15) is 0 Å². The Kier molecular flexibility index (Phi) is 2.88. The van der Waals surface area contributed by atoms with Crippen LogP contribution in [0, 0.1) is 5.92 Å². The van der Waals surface area contributed by atoms with E-state index in [4.69, 9.17) is 5.73 Å². The third-order valence-corrected chi connectivity index (χ3v) is 4.78. The van der Waals surface area contributed by atoms with Crippen molar-refractivity contribution in [2.75, 3.05) is 13.1 Å². The fourth-order valence-corrected chi connectivity index (χ4v) is 3.19. The normalized spacial score (nSPS) is 24.9. The Hall–Kier alpha value is -0.870. The number of nitrogens with zero attached hydrogens (tertiary/aromatic N) is 3. The molecule has 1 atom stereocenters. The van der Waals surface area contributed by atoms with Crippen LogP contribution in [0.5, 0.6) is 0 Å². The average Bonchev–Trinajstić information content (AvgIpc) is 3.26. The van der Waals surface area contributed by atoms with Crippen molar-refractivity contribution in [3.8, 4) is 0 Å². The smallest absolute Gasteiger partial charge is 0.0951 e. The number of hydrogen-bond acceptors (Lipinski definition) is 3. The number of nitrogens with two attached hydrogens (primary N) is 1. The van der Waals surface area contributed by atoms with E-state index in [-0.39, 0.29) is 0 Å². The Morgan fingerprint density at radius 2 is 2.05 bits per heavy atom. The summed E-state index contributed by atoms with van der Waals surface area (Å²) in [4.78, 5) is 7.08. The van der Waals surface area contributed by atoms with Gasteiger partial charge in [0.2, 0.25) is 0 Å². The summed E-state index contributed by atoms with van der Waals surface area (Å²) in [5.74, 6) is 0.937. The summed E-state index contributed by atoms with van der Waals surface area (Å²) < 4.78 is 2.39. The predicted octanol–water partition coefficient (Wildman–Crippen LogP) is 2.09. The van der Waals surface area contributed by atoms with E-state index in [0.717, 1.165) is 18.5 Å². The van der Waals surface area contributed by atoms with E-state index < -0.39 is 0 Å². The molecule has 1 heterocycles. The summed E-state index contributed by atoms with van der Waals surface area (Å²) in [7, 11) is 0. The van der Waals surface area contributed by atoms with Crippen LogP contribution < -0.4 is 5.73 Å². The molecule has 1 aromatic rings. The zero-order valence-electron chi connectivity index (χ0n) is 11.5. The fourth-order valence-electron chi connectivity index (χ4n) is 3.19. The van der Waals surface area contributed by atoms with Gasteiger partial charge in [-0.15, -0.1) is 0 Å².